The molecule has 5 heteroatoms. The lowest BCUT2D eigenvalue weighted by Gasteiger charge is -1.99. The zero-order valence-corrected chi connectivity index (χ0v) is 8.25. The van der Waals surface area contributed by atoms with Gasteiger partial charge in [-0.2, -0.15) is 0 Å². The van der Waals surface area contributed by atoms with E-state index in [4.69, 9.17) is 11.6 Å². The number of benzene rings is 1. The van der Waals surface area contributed by atoms with Crippen LogP contribution in [0.1, 0.15) is 0 Å². The number of aromatic amines is 1. The van der Waals surface area contributed by atoms with Crippen LogP contribution in [-0.4, -0.2) is 4.98 Å². The summed E-state index contributed by atoms with van der Waals surface area (Å²) in [5.74, 6) is -0.771. The van der Waals surface area contributed by atoms with Gasteiger partial charge in [0, 0.05) is 11.1 Å². The number of halogens is 1. The Morgan fingerprint density at radius 1 is 1.13 bits per heavy atom. The monoisotopic (exact) mass is 223 g/mol. The van der Waals surface area contributed by atoms with Gasteiger partial charge in [0.05, 0.1) is 5.69 Å². The molecule has 0 aliphatic rings. The molecule has 0 aliphatic heterocycles. The summed E-state index contributed by atoms with van der Waals surface area (Å²) in [6.45, 7) is 0. The van der Waals surface area contributed by atoms with Gasteiger partial charge in [-0.1, -0.05) is 23.7 Å². The van der Waals surface area contributed by atoms with Crippen molar-refractivity contribution in [2.75, 3.05) is 0 Å². The van der Waals surface area contributed by atoms with Crippen molar-refractivity contribution < 1.29 is 4.42 Å². The van der Waals surface area contributed by atoms with E-state index < -0.39 is 11.4 Å². The van der Waals surface area contributed by atoms with E-state index >= 15 is 0 Å². The van der Waals surface area contributed by atoms with Crippen LogP contribution in [0.2, 0.25) is 5.02 Å². The van der Waals surface area contributed by atoms with E-state index in [1.54, 1.807) is 24.3 Å². The van der Waals surface area contributed by atoms with Crippen LogP contribution in [-0.2, 0) is 0 Å². The smallest absolute Gasteiger partial charge is 0.373 e. The van der Waals surface area contributed by atoms with Crippen LogP contribution in [0.4, 0.5) is 0 Å². The van der Waals surface area contributed by atoms with Crippen molar-refractivity contribution >= 4 is 11.6 Å². The molecular formula is C10H6ClNO3. The minimum absolute atomic E-state index is 0.410. The molecule has 1 N–H and O–H groups in total. The van der Waals surface area contributed by atoms with Crippen molar-refractivity contribution in [3.63, 3.8) is 0 Å². The lowest BCUT2D eigenvalue weighted by molar-refractivity contribution is 0.451. The Morgan fingerprint density at radius 3 is 2.40 bits per heavy atom. The van der Waals surface area contributed by atoms with Gasteiger partial charge < -0.3 is 4.42 Å². The van der Waals surface area contributed by atoms with E-state index in [-0.39, 0.29) is 0 Å². The molecule has 0 radical (unpaired) electrons. The number of rotatable bonds is 1. The maximum Gasteiger partial charge on any atom is 0.419 e. The van der Waals surface area contributed by atoms with Gasteiger partial charge in [0.1, 0.15) is 0 Å². The van der Waals surface area contributed by atoms with Crippen LogP contribution in [0.3, 0.4) is 0 Å². The maximum atomic E-state index is 10.9. The Morgan fingerprint density at radius 2 is 1.80 bits per heavy atom. The molecule has 15 heavy (non-hydrogen) atoms. The Balaban J connectivity index is 2.59. The summed E-state index contributed by atoms with van der Waals surface area (Å²) in [5.41, 5.74) is 0.431. The normalized spacial score (nSPS) is 10.2. The first kappa shape index (κ1) is 9.73. The molecule has 2 rings (SSSR count). The molecule has 0 fully saturated rings. The number of aromatic nitrogens is 1. The molecule has 0 bridgehead atoms. The quantitative estimate of drug-likeness (QED) is 0.800. The standard InChI is InChI=1S/C10H6ClNO3/c11-7-3-1-6(2-4-7)8-5-9(13)15-10(14)12-8/h1-5H,(H,12,14). The van der Waals surface area contributed by atoms with Crippen molar-refractivity contribution in [2.24, 2.45) is 0 Å². The second kappa shape index (κ2) is 3.74. The lowest BCUT2D eigenvalue weighted by atomic mass is 10.1. The molecule has 0 amide bonds. The van der Waals surface area contributed by atoms with E-state index in [9.17, 15) is 9.59 Å². The van der Waals surface area contributed by atoms with Gasteiger partial charge in [-0.25, -0.2) is 9.59 Å². The highest BCUT2D eigenvalue weighted by atomic mass is 35.5. The second-order valence-electron chi connectivity index (χ2n) is 2.90. The van der Waals surface area contributed by atoms with Crippen LogP contribution in [0.5, 0.6) is 0 Å². The van der Waals surface area contributed by atoms with Gasteiger partial charge in [0.2, 0.25) is 0 Å². The van der Waals surface area contributed by atoms with Gasteiger partial charge >= 0.3 is 11.4 Å². The maximum absolute atomic E-state index is 10.9. The zero-order chi connectivity index (χ0) is 10.8. The predicted octanol–water partition coefficient (Wildman–Crippen LogP) is 1.65. The Bertz CT molecular complexity index is 554. The molecule has 0 spiro atoms. The van der Waals surface area contributed by atoms with Crippen LogP contribution >= 0.6 is 11.6 Å². The minimum Gasteiger partial charge on any atom is -0.373 e. The third-order valence-corrected chi connectivity index (χ3v) is 2.10. The fraction of sp³-hybridized carbons (Fsp3) is 0. The number of nitrogens with one attached hydrogen (secondary N) is 1. The van der Waals surface area contributed by atoms with Gasteiger partial charge in [-0.15, -0.1) is 0 Å². The first-order valence-electron chi connectivity index (χ1n) is 4.15. The largest absolute Gasteiger partial charge is 0.419 e. The average Bonchev–Trinajstić information content (AvgIpc) is 2.17. The molecule has 0 unspecified atom stereocenters. The number of H-pyrrole nitrogens is 1. The van der Waals surface area contributed by atoms with Gasteiger partial charge in [0.15, 0.2) is 0 Å². The Labute approximate surface area is 89.1 Å². The summed E-state index contributed by atoms with van der Waals surface area (Å²) in [5, 5.41) is 0.587. The van der Waals surface area contributed by atoms with Crippen molar-refractivity contribution in [1.29, 1.82) is 0 Å². The summed E-state index contributed by atoms with van der Waals surface area (Å²) >= 11 is 5.71. The summed E-state index contributed by atoms with van der Waals surface area (Å²) in [6, 6.07) is 7.96. The molecule has 4 nitrogen and oxygen atoms in total. The predicted molar refractivity (Wildman–Crippen MR) is 56.0 cm³/mol. The molecule has 0 saturated heterocycles. The van der Waals surface area contributed by atoms with Crippen LogP contribution in [0, 0.1) is 0 Å². The second-order valence-corrected chi connectivity index (χ2v) is 3.33. The topological polar surface area (TPSA) is 63.1 Å². The van der Waals surface area contributed by atoms with Gasteiger partial charge in [-0.05, 0) is 17.7 Å². The minimum atomic E-state index is -0.771. The lowest BCUT2D eigenvalue weighted by Crippen LogP contribution is -2.14. The molecule has 1 heterocycles. The first-order valence-corrected chi connectivity index (χ1v) is 4.53. The summed E-state index contributed by atoms with van der Waals surface area (Å²) < 4.78 is 4.27. The molecular weight excluding hydrogens is 218 g/mol. The van der Waals surface area contributed by atoms with Crippen LogP contribution < -0.4 is 11.4 Å². The first-order chi connectivity index (χ1) is 7.15. The van der Waals surface area contributed by atoms with Crippen LogP contribution in [0.25, 0.3) is 11.3 Å². The highest BCUT2D eigenvalue weighted by molar-refractivity contribution is 6.30. The summed E-state index contributed by atoms with van der Waals surface area (Å²) in [4.78, 5) is 24.3. The highest BCUT2D eigenvalue weighted by Crippen LogP contribution is 2.17. The highest BCUT2D eigenvalue weighted by Gasteiger charge is 2.01. The molecule has 76 valence electrons. The van der Waals surface area contributed by atoms with Crippen molar-refractivity contribution in [2.45, 2.75) is 0 Å². The van der Waals surface area contributed by atoms with E-state index in [2.05, 4.69) is 9.40 Å². The van der Waals surface area contributed by atoms with E-state index in [1.807, 2.05) is 0 Å². The molecule has 0 saturated carbocycles. The average molecular weight is 224 g/mol. The van der Waals surface area contributed by atoms with E-state index in [1.165, 1.54) is 6.07 Å². The SMILES string of the molecule is O=c1cc(-c2ccc(Cl)cc2)[nH]c(=O)o1. The molecule has 0 atom stereocenters. The summed E-state index contributed by atoms with van der Waals surface area (Å²) in [6.07, 6.45) is 0. The van der Waals surface area contributed by atoms with Gasteiger partial charge in [-0.3, -0.25) is 4.98 Å². The van der Waals surface area contributed by atoms with Crippen LogP contribution in [0.15, 0.2) is 44.3 Å². The molecule has 2 aromatic rings. The third-order valence-electron chi connectivity index (χ3n) is 1.85. The number of hydrogen-bond donors (Lipinski definition) is 1. The molecule has 1 aromatic heterocycles. The molecule has 1 aromatic carbocycles. The fourth-order valence-electron chi connectivity index (χ4n) is 1.20. The number of hydrogen-bond acceptors (Lipinski definition) is 3. The zero-order valence-electron chi connectivity index (χ0n) is 7.49. The third kappa shape index (κ3) is 2.16. The fourth-order valence-corrected chi connectivity index (χ4v) is 1.32. The van der Waals surface area contributed by atoms with Gasteiger partial charge in [0.25, 0.3) is 0 Å². The Hall–Kier alpha value is -1.81. The van der Waals surface area contributed by atoms with E-state index in [0.29, 0.717) is 16.3 Å². The summed E-state index contributed by atoms with van der Waals surface area (Å²) in [7, 11) is 0. The van der Waals surface area contributed by atoms with Crippen molar-refractivity contribution in [3.05, 3.63) is 56.3 Å². The Kier molecular flexibility index (Phi) is 2.43. The molecule has 0 aliphatic carbocycles. The van der Waals surface area contributed by atoms with Crippen molar-refractivity contribution in [1.82, 2.24) is 4.98 Å². The van der Waals surface area contributed by atoms with Crippen molar-refractivity contribution in [3.8, 4) is 11.3 Å². The van der Waals surface area contributed by atoms with E-state index in [0.717, 1.165) is 0 Å².